The molecule has 1 rings (SSSR count). The van der Waals surface area contributed by atoms with E-state index in [0.717, 1.165) is 6.07 Å². The van der Waals surface area contributed by atoms with Crippen LogP contribution < -0.4 is 5.73 Å². The zero-order valence-electron chi connectivity index (χ0n) is 10.2. The predicted octanol–water partition coefficient (Wildman–Crippen LogP) is 2.79. The summed E-state index contributed by atoms with van der Waals surface area (Å²) < 4.78 is 77.5. The van der Waals surface area contributed by atoms with Gasteiger partial charge in [0.05, 0.1) is 6.61 Å². The first-order valence-electron chi connectivity index (χ1n) is 5.37. The fourth-order valence-corrected chi connectivity index (χ4v) is 1.43. The predicted molar refractivity (Wildman–Crippen MR) is 59.6 cm³/mol. The SMILES string of the molecule is N/C(=N/O)c1cccc(COC(C(F)(F)F)C(F)(F)F)c1. The average molecular weight is 316 g/mol. The second-order valence-corrected chi connectivity index (χ2v) is 3.96. The smallest absolute Gasteiger partial charge is 0.409 e. The largest absolute Gasteiger partial charge is 0.423 e. The van der Waals surface area contributed by atoms with E-state index in [4.69, 9.17) is 10.9 Å². The molecule has 0 spiro atoms. The van der Waals surface area contributed by atoms with Crippen molar-refractivity contribution in [2.24, 2.45) is 10.9 Å². The molecule has 0 aliphatic rings. The quantitative estimate of drug-likeness (QED) is 0.295. The van der Waals surface area contributed by atoms with Crippen LogP contribution in [0, 0.1) is 0 Å². The van der Waals surface area contributed by atoms with E-state index in [9.17, 15) is 26.3 Å². The highest BCUT2D eigenvalue weighted by atomic mass is 19.4. The van der Waals surface area contributed by atoms with E-state index < -0.39 is 25.1 Å². The monoisotopic (exact) mass is 316 g/mol. The molecule has 3 N–H and O–H groups in total. The molecule has 0 aliphatic carbocycles. The number of nitrogens with two attached hydrogens (primary N) is 1. The van der Waals surface area contributed by atoms with Gasteiger partial charge in [-0.05, 0) is 11.6 Å². The fourth-order valence-electron chi connectivity index (χ4n) is 1.43. The minimum absolute atomic E-state index is 0.0117. The Morgan fingerprint density at radius 3 is 2.24 bits per heavy atom. The molecule has 0 radical (unpaired) electrons. The summed E-state index contributed by atoms with van der Waals surface area (Å²) in [5.41, 5.74) is 5.40. The van der Waals surface area contributed by atoms with Crippen molar-refractivity contribution in [1.82, 2.24) is 0 Å². The Hall–Kier alpha value is -1.97. The molecular weight excluding hydrogens is 306 g/mol. The normalized spacial score (nSPS) is 13.8. The van der Waals surface area contributed by atoms with Gasteiger partial charge in [0, 0.05) is 5.56 Å². The van der Waals surface area contributed by atoms with Gasteiger partial charge in [-0.1, -0.05) is 23.4 Å². The van der Waals surface area contributed by atoms with E-state index in [2.05, 4.69) is 9.89 Å². The molecule has 118 valence electrons. The van der Waals surface area contributed by atoms with Crippen molar-refractivity contribution in [2.45, 2.75) is 25.1 Å². The molecule has 0 aliphatic heterocycles. The minimum atomic E-state index is -5.57. The molecule has 4 nitrogen and oxygen atoms in total. The second kappa shape index (κ2) is 6.20. The fraction of sp³-hybridized carbons (Fsp3) is 0.364. The topological polar surface area (TPSA) is 67.8 Å². The number of halogens is 6. The minimum Gasteiger partial charge on any atom is -0.409 e. The van der Waals surface area contributed by atoms with Gasteiger partial charge in [-0.2, -0.15) is 26.3 Å². The van der Waals surface area contributed by atoms with Crippen LogP contribution in [0.15, 0.2) is 29.4 Å². The highest BCUT2D eigenvalue weighted by Crippen LogP contribution is 2.36. The van der Waals surface area contributed by atoms with Gasteiger partial charge < -0.3 is 15.7 Å². The van der Waals surface area contributed by atoms with Gasteiger partial charge in [-0.25, -0.2) is 0 Å². The molecule has 1 aromatic carbocycles. The standard InChI is InChI=1S/C11H10F6N2O2/c12-10(13,14)9(11(15,16)17)21-5-6-2-1-3-7(4-6)8(18)19-20/h1-4,9,20H,5H2,(H2,18,19). The van der Waals surface area contributed by atoms with Crippen LogP contribution in [-0.4, -0.2) is 29.5 Å². The first kappa shape index (κ1) is 17.1. The summed E-state index contributed by atoms with van der Waals surface area (Å²) in [5, 5.41) is 11.1. The summed E-state index contributed by atoms with van der Waals surface area (Å²) in [6.07, 6.45) is -15.0. The van der Waals surface area contributed by atoms with E-state index in [1.165, 1.54) is 18.2 Å². The summed E-state index contributed by atoms with van der Waals surface area (Å²) in [7, 11) is 0. The van der Waals surface area contributed by atoms with Crippen LogP contribution in [0.25, 0.3) is 0 Å². The third kappa shape index (κ3) is 4.81. The average Bonchev–Trinajstić information content (AvgIpc) is 2.35. The molecule has 0 bridgehead atoms. The Bertz CT molecular complexity index is 498. The van der Waals surface area contributed by atoms with E-state index in [-0.39, 0.29) is 17.0 Å². The summed E-state index contributed by atoms with van der Waals surface area (Å²) in [6.45, 7) is -0.934. The molecule has 10 heteroatoms. The molecule has 0 atom stereocenters. The van der Waals surface area contributed by atoms with E-state index >= 15 is 0 Å². The lowest BCUT2D eigenvalue weighted by atomic mass is 10.1. The first-order valence-corrected chi connectivity index (χ1v) is 5.37. The van der Waals surface area contributed by atoms with Gasteiger partial charge in [0.2, 0.25) is 6.10 Å². The summed E-state index contributed by atoms with van der Waals surface area (Å²) in [5.74, 6) is -0.333. The van der Waals surface area contributed by atoms with E-state index in [0.29, 0.717) is 0 Å². The summed E-state index contributed by atoms with van der Waals surface area (Å²) >= 11 is 0. The maximum Gasteiger partial charge on any atom is 0.423 e. The molecule has 0 heterocycles. The molecule has 0 fully saturated rings. The Kier molecular flexibility index (Phi) is 5.05. The number of rotatable bonds is 4. The van der Waals surface area contributed by atoms with Crippen LogP contribution in [0.4, 0.5) is 26.3 Å². The van der Waals surface area contributed by atoms with Crippen molar-refractivity contribution < 1.29 is 36.3 Å². The third-order valence-corrected chi connectivity index (χ3v) is 2.34. The van der Waals surface area contributed by atoms with Crippen LogP contribution >= 0.6 is 0 Å². The number of benzene rings is 1. The number of nitrogens with zero attached hydrogens (tertiary/aromatic N) is 1. The zero-order valence-corrected chi connectivity index (χ0v) is 10.2. The van der Waals surface area contributed by atoms with Crippen molar-refractivity contribution in [3.63, 3.8) is 0 Å². The van der Waals surface area contributed by atoms with E-state index in [1.807, 2.05) is 0 Å². The van der Waals surface area contributed by atoms with Crippen LogP contribution in [0.2, 0.25) is 0 Å². The van der Waals surface area contributed by atoms with Crippen LogP contribution in [0.1, 0.15) is 11.1 Å². The number of hydrogen-bond donors (Lipinski definition) is 2. The second-order valence-electron chi connectivity index (χ2n) is 3.96. The Morgan fingerprint density at radius 1 is 1.19 bits per heavy atom. The Labute approximate surface area is 114 Å². The lowest BCUT2D eigenvalue weighted by Gasteiger charge is -2.23. The molecule has 21 heavy (non-hydrogen) atoms. The van der Waals surface area contributed by atoms with E-state index in [1.54, 1.807) is 0 Å². The molecule has 0 amide bonds. The molecular formula is C11H10F6N2O2. The molecule has 0 saturated heterocycles. The zero-order chi connectivity index (χ0) is 16.3. The van der Waals surface area contributed by atoms with Gasteiger partial charge in [0.25, 0.3) is 0 Å². The van der Waals surface area contributed by atoms with Crippen molar-refractivity contribution in [2.75, 3.05) is 0 Å². The molecule has 0 unspecified atom stereocenters. The third-order valence-electron chi connectivity index (χ3n) is 2.34. The lowest BCUT2D eigenvalue weighted by molar-refractivity contribution is -0.324. The maximum atomic E-state index is 12.3. The highest BCUT2D eigenvalue weighted by Gasteiger charge is 2.57. The number of hydrogen-bond acceptors (Lipinski definition) is 3. The number of amidine groups is 1. The van der Waals surface area contributed by atoms with Crippen LogP contribution in [0.5, 0.6) is 0 Å². The van der Waals surface area contributed by atoms with Crippen LogP contribution in [0.3, 0.4) is 0 Å². The number of oxime groups is 1. The van der Waals surface area contributed by atoms with Crippen molar-refractivity contribution >= 4 is 5.84 Å². The lowest BCUT2D eigenvalue weighted by Crippen LogP contribution is -2.44. The summed E-state index contributed by atoms with van der Waals surface area (Å²) in [6, 6.07) is 5.09. The van der Waals surface area contributed by atoms with Gasteiger partial charge >= 0.3 is 12.4 Å². The van der Waals surface area contributed by atoms with Gasteiger partial charge in [0.15, 0.2) is 5.84 Å². The molecule has 1 aromatic rings. The van der Waals surface area contributed by atoms with Gasteiger partial charge in [-0.3, -0.25) is 0 Å². The first-order chi connectivity index (χ1) is 9.55. The highest BCUT2D eigenvalue weighted by molar-refractivity contribution is 5.97. The maximum absolute atomic E-state index is 12.3. The Balaban J connectivity index is 2.87. The van der Waals surface area contributed by atoms with Crippen molar-refractivity contribution in [3.05, 3.63) is 35.4 Å². The molecule has 0 saturated carbocycles. The number of ether oxygens (including phenoxy) is 1. The van der Waals surface area contributed by atoms with Gasteiger partial charge in [-0.15, -0.1) is 0 Å². The van der Waals surface area contributed by atoms with Crippen LogP contribution in [-0.2, 0) is 11.3 Å². The molecule has 0 aromatic heterocycles. The van der Waals surface area contributed by atoms with Gasteiger partial charge in [0.1, 0.15) is 0 Å². The Morgan fingerprint density at radius 2 is 1.76 bits per heavy atom. The number of alkyl halides is 6. The van der Waals surface area contributed by atoms with Crippen molar-refractivity contribution in [1.29, 1.82) is 0 Å². The summed E-state index contributed by atoms with van der Waals surface area (Å²) in [4.78, 5) is 0. The van der Waals surface area contributed by atoms with Crippen molar-refractivity contribution in [3.8, 4) is 0 Å².